The van der Waals surface area contributed by atoms with Crippen molar-refractivity contribution in [2.45, 2.75) is 6.54 Å². The number of piperazine rings is 1. The van der Waals surface area contributed by atoms with Crippen LogP contribution in [0.3, 0.4) is 0 Å². The third kappa shape index (κ3) is 3.24. The van der Waals surface area contributed by atoms with E-state index in [-0.39, 0.29) is 0 Å². The van der Waals surface area contributed by atoms with E-state index in [0.29, 0.717) is 0 Å². The average Bonchev–Trinajstić information content (AvgIpc) is 3.33. The molecule has 4 aromatic rings. The molecule has 1 saturated heterocycles. The van der Waals surface area contributed by atoms with Crippen molar-refractivity contribution in [2.75, 3.05) is 31.1 Å². The van der Waals surface area contributed by atoms with Crippen LogP contribution in [0.2, 0.25) is 0 Å². The second-order valence-corrected chi connectivity index (χ2v) is 7.80. The summed E-state index contributed by atoms with van der Waals surface area (Å²) >= 11 is 1.70. The Bertz CT molecular complexity index is 1010. The van der Waals surface area contributed by atoms with Crippen molar-refractivity contribution in [3.8, 4) is 11.3 Å². The molecule has 136 valence electrons. The molecule has 0 amide bonds. The van der Waals surface area contributed by atoms with Crippen LogP contribution in [0.5, 0.6) is 0 Å². The quantitative estimate of drug-likeness (QED) is 0.529. The maximum atomic E-state index is 4.92. The molecule has 0 unspecified atom stereocenters. The molecule has 0 N–H and O–H groups in total. The standard InChI is InChI=1S/C22H22N4S/c1-3-7-18(8-4-1)21-20(26-15-16-27-22(26)23-21)17-24-11-13-25(14-12-24)19-9-5-2-6-10-19/h1-10,15-16H,11-14,17H2. The van der Waals surface area contributed by atoms with E-state index in [2.05, 4.69) is 86.4 Å². The van der Waals surface area contributed by atoms with Crippen LogP contribution in [0.15, 0.2) is 72.2 Å². The Labute approximate surface area is 163 Å². The Morgan fingerprint density at radius 3 is 2.30 bits per heavy atom. The maximum absolute atomic E-state index is 4.92. The molecule has 2 aromatic carbocycles. The third-order valence-corrected chi connectivity index (χ3v) is 6.03. The molecular weight excluding hydrogens is 352 g/mol. The van der Waals surface area contributed by atoms with Gasteiger partial charge in [0, 0.05) is 55.6 Å². The first kappa shape index (κ1) is 16.5. The molecular formula is C22H22N4S. The largest absolute Gasteiger partial charge is 0.369 e. The van der Waals surface area contributed by atoms with Crippen molar-refractivity contribution < 1.29 is 0 Å². The normalized spacial score (nSPS) is 15.5. The molecule has 0 saturated carbocycles. The Morgan fingerprint density at radius 1 is 0.852 bits per heavy atom. The number of fused-ring (bicyclic) bond motifs is 1. The van der Waals surface area contributed by atoms with E-state index in [1.807, 2.05) is 0 Å². The summed E-state index contributed by atoms with van der Waals surface area (Å²) in [5.74, 6) is 0. The van der Waals surface area contributed by atoms with Gasteiger partial charge in [0.1, 0.15) is 0 Å². The second-order valence-electron chi connectivity index (χ2n) is 6.93. The molecule has 3 heterocycles. The summed E-state index contributed by atoms with van der Waals surface area (Å²) in [7, 11) is 0. The number of nitrogens with zero attached hydrogens (tertiary/aromatic N) is 4. The van der Waals surface area contributed by atoms with E-state index in [1.54, 1.807) is 11.3 Å². The summed E-state index contributed by atoms with van der Waals surface area (Å²) in [6.07, 6.45) is 2.15. The molecule has 27 heavy (non-hydrogen) atoms. The number of rotatable bonds is 4. The highest BCUT2D eigenvalue weighted by Crippen LogP contribution is 2.28. The van der Waals surface area contributed by atoms with E-state index in [9.17, 15) is 0 Å². The van der Waals surface area contributed by atoms with Crippen molar-refractivity contribution >= 4 is 22.0 Å². The highest BCUT2D eigenvalue weighted by Gasteiger charge is 2.21. The molecule has 0 atom stereocenters. The number of imidazole rings is 1. The predicted octanol–water partition coefficient (Wildman–Crippen LogP) is 4.39. The molecule has 0 bridgehead atoms. The summed E-state index contributed by atoms with van der Waals surface area (Å²) in [6, 6.07) is 21.3. The minimum Gasteiger partial charge on any atom is -0.369 e. The van der Waals surface area contributed by atoms with Crippen molar-refractivity contribution in [2.24, 2.45) is 0 Å². The van der Waals surface area contributed by atoms with E-state index < -0.39 is 0 Å². The minimum absolute atomic E-state index is 0.935. The van der Waals surface area contributed by atoms with Crippen LogP contribution in [0.1, 0.15) is 5.69 Å². The number of hydrogen-bond acceptors (Lipinski definition) is 4. The molecule has 1 fully saturated rings. The van der Waals surface area contributed by atoms with Gasteiger partial charge in [-0.05, 0) is 12.1 Å². The van der Waals surface area contributed by atoms with Gasteiger partial charge < -0.3 is 4.90 Å². The van der Waals surface area contributed by atoms with Gasteiger partial charge in [0.15, 0.2) is 4.96 Å². The number of thiazole rings is 1. The van der Waals surface area contributed by atoms with Crippen molar-refractivity contribution in [3.05, 3.63) is 77.9 Å². The first-order valence-corrected chi connectivity index (χ1v) is 10.3. The lowest BCUT2D eigenvalue weighted by atomic mass is 10.1. The minimum atomic E-state index is 0.935. The van der Waals surface area contributed by atoms with Crippen LogP contribution in [0, 0.1) is 0 Å². The lowest BCUT2D eigenvalue weighted by Gasteiger charge is -2.36. The van der Waals surface area contributed by atoms with E-state index in [0.717, 1.165) is 43.4 Å². The molecule has 0 radical (unpaired) electrons. The summed E-state index contributed by atoms with van der Waals surface area (Å²) < 4.78 is 2.26. The van der Waals surface area contributed by atoms with Crippen molar-refractivity contribution in [3.63, 3.8) is 0 Å². The van der Waals surface area contributed by atoms with E-state index >= 15 is 0 Å². The van der Waals surface area contributed by atoms with Gasteiger partial charge in [-0.1, -0.05) is 48.5 Å². The predicted molar refractivity (Wildman–Crippen MR) is 112 cm³/mol. The van der Waals surface area contributed by atoms with Crippen LogP contribution < -0.4 is 4.90 Å². The fourth-order valence-corrected chi connectivity index (χ4v) is 4.56. The van der Waals surface area contributed by atoms with Crippen molar-refractivity contribution in [1.29, 1.82) is 0 Å². The fraction of sp³-hybridized carbons (Fsp3) is 0.227. The molecule has 5 rings (SSSR count). The number of anilines is 1. The zero-order valence-electron chi connectivity index (χ0n) is 15.2. The number of aromatic nitrogens is 2. The molecule has 5 heteroatoms. The summed E-state index contributed by atoms with van der Waals surface area (Å²) in [5, 5.41) is 2.12. The monoisotopic (exact) mass is 374 g/mol. The maximum Gasteiger partial charge on any atom is 0.194 e. The zero-order valence-corrected chi connectivity index (χ0v) is 16.0. The van der Waals surface area contributed by atoms with Gasteiger partial charge in [-0.25, -0.2) is 4.98 Å². The molecule has 4 nitrogen and oxygen atoms in total. The van der Waals surface area contributed by atoms with Crippen LogP contribution in [0.25, 0.3) is 16.2 Å². The third-order valence-electron chi connectivity index (χ3n) is 5.28. The van der Waals surface area contributed by atoms with Crippen LogP contribution in [-0.2, 0) is 6.54 Å². The SMILES string of the molecule is c1ccc(-c2nc3sccn3c2CN2CCN(c3ccccc3)CC2)cc1. The smallest absolute Gasteiger partial charge is 0.194 e. The fourth-order valence-electron chi connectivity index (χ4n) is 3.83. The molecule has 0 spiro atoms. The van der Waals surface area contributed by atoms with Crippen LogP contribution in [-0.4, -0.2) is 40.5 Å². The Morgan fingerprint density at radius 2 is 1.56 bits per heavy atom. The molecule has 1 aliphatic heterocycles. The Balaban J connectivity index is 1.37. The molecule has 2 aromatic heterocycles. The van der Waals surface area contributed by atoms with Gasteiger partial charge in [0.2, 0.25) is 0 Å². The summed E-state index contributed by atoms with van der Waals surface area (Å²) in [6.45, 7) is 5.21. The average molecular weight is 375 g/mol. The lowest BCUT2D eigenvalue weighted by molar-refractivity contribution is 0.247. The van der Waals surface area contributed by atoms with Gasteiger partial charge in [-0.2, -0.15) is 0 Å². The van der Waals surface area contributed by atoms with Crippen LogP contribution >= 0.6 is 11.3 Å². The highest BCUT2D eigenvalue weighted by atomic mass is 32.1. The Kier molecular flexibility index (Phi) is 4.40. The highest BCUT2D eigenvalue weighted by molar-refractivity contribution is 7.15. The van der Waals surface area contributed by atoms with E-state index in [1.165, 1.54) is 16.9 Å². The number of benzene rings is 2. The number of hydrogen-bond donors (Lipinski definition) is 0. The van der Waals surface area contributed by atoms with E-state index in [4.69, 9.17) is 4.98 Å². The molecule has 1 aliphatic rings. The topological polar surface area (TPSA) is 23.8 Å². The first-order chi connectivity index (χ1) is 13.4. The first-order valence-electron chi connectivity index (χ1n) is 9.41. The van der Waals surface area contributed by atoms with Crippen molar-refractivity contribution in [1.82, 2.24) is 14.3 Å². The van der Waals surface area contributed by atoms with Gasteiger partial charge in [0.25, 0.3) is 0 Å². The van der Waals surface area contributed by atoms with Gasteiger partial charge in [-0.3, -0.25) is 9.30 Å². The number of para-hydroxylation sites is 1. The van der Waals surface area contributed by atoms with Gasteiger partial charge in [-0.15, -0.1) is 11.3 Å². The van der Waals surface area contributed by atoms with Gasteiger partial charge in [0.05, 0.1) is 11.4 Å². The second kappa shape index (κ2) is 7.18. The Hall–Kier alpha value is -2.63. The van der Waals surface area contributed by atoms with Gasteiger partial charge >= 0.3 is 0 Å². The lowest BCUT2D eigenvalue weighted by Crippen LogP contribution is -2.46. The summed E-state index contributed by atoms with van der Waals surface area (Å²) in [5.41, 5.74) is 4.94. The summed E-state index contributed by atoms with van der Waals surface area (Å²) in [4.78, 5) is 11.0. The molecule has 0 aliphatic carbocycles. The zero-order chi connectivity index (χ0) is 18.1. The van der Waals surface area contributed by atoms with Crippen LogP contribution in [0.4, 0.5) is 5.69 Å².